The van der Waals surface area contributed by atoms with E-state index in [2.05, 4.69) is 5.32 Å². The van der Waals surface area contributed by atoms with Gasteiger partial charge in [0.05, 0.1) is 0 Å². The van der Waals surface area contributed by atoms with E-state index in [-0.39, 0.29) is 24.1 Å². The van der Waals surface area contributed by atoms with Gasteiger partial charge in [-0.2, -0.15) is 0 Å². The average molecular weight is 281 g/mol. The lowest BCUT2D eigenvalue weighted by Gasteiger charge is -2.27. The first-order valence-electron chi connectivity index (χ1n) is 6.94. The largest absolute Gasteiger partial charge is 0.340 e. The smallest absolute Gasteiger partial charge is 0.325 e. The maximum Gasteiger partial charge on any atom is 0.325 e. The molecule has 0 aromatic heterocycles. The Balaban J connectivity index is 1.92. The van der Waals surface area contributed by atoms with Gasteiger partial charge in [0.15, 0.2) is 0 Å². The van der Waals surface area contributed by atoms with Gasteiger partial charge in [-0.1, -0.05) is 13.3 Å². The van der Waals surface area contributed by atoms with E-state index in [9.17, 15) is 19.2 Å². The SMILES string of the molecule is CCCC1NC(=O)N(CC(=O)N2CCC(=O)CC2)C1=O. The Morgan fingerprint density at radius 2 is 1.90 bits per heavy atom. The van der Waals surface area contributed by atoms with Crippen LogP contribution in [0.5, 0.6) is 0 Å². The van der Waals surface area contributed by atoms with Crippen LogP contribution in [0.4, 0.5) is 4.79 Å². The lowest BCUT2D eigenvalue weighted by molar-refractivity contribution is -0.139. The van der Waals surface area contributed by atoms with Gasteiger partial charge >= 0.3 is 6.03 Å². The van der Waals surface area contributed by atoms with Crippen LogP contribution in [0, 0.1) is 0 Å². The topological polar surface area (TPSA) is 86.8 Å². The maximum atomic E-state index is 12.1. The fraction of sp³-hybridized carbons (Fsp3) is 0.692. The molecule has 2 fully saturated rings. The number of nitrogens with zero attached hydrogens (tertiary/aromatic N) is 2. The molecular formula is C13H19N3O4. The summed E-state index contributed by atoms with van der Waals surface area (Å²) in [5.41, 5.74) is 0. The molecule has 2 aliphatic heterocycles. The van der Waals surface area contributed by atoms with Crippen molar-refractivity contribution in [1.29, 1.82) is 0 Å². The first kappa shape index (κ1) is 14.5. The Hall–Kier alpha value is -1.92. The van der Waals surface area contributed by atoms with Crippen LogP contribution in [0.2, 0.25) is 0 Å². The fourth-order valence-electron chi connectivity index (χ4n) is 2.45. The maximum absolute atomic E-state index is 12.1. The number of Topliss-reactive ketones (excluding diaryl/α,β-unsaturated/α-hetero) is 1. The van der Waals surface area contributed by atoms with Gasteiger partial charge in [-0.05, 0) is 6.42 Å². The number of urea groups is 1. The van der Waals surface area contributed by atoms with Crippen molar-refractivity contribution in [2.24, 2.45) is 0 Å². The number of hydrogen-bond acceptors (Lipinski definition) is 4. The lowest BCUT2D eigenvalue weighted by Crippen LogP contribution is -2.46. The van der Waals surface area contributed by atoms with E-state index in [1.165, 1.54) is 4.90 Å². The predicted molar refractivity (Wildman–Crippen MR) is 69.8 cm³/mol. The molecule has 20 heavy (non-hydrogen) atoms. The Kier molecular flexibility index (Phi) is 4.36. The van der Waals surface area contributed by atoms with E-state index >= 15 is 0 Å². The molecule has 0 aromatic carbocycles. The van der Waals surface area contributed by atoms with Crippen LogP contribution in [0.25, 0.3) is 0 Å². The Morgan fingerprint density at radius 1 is 1.25 bits per heavy atom. The zero-order chi connectivity index (χ0) is 14.7. The molecule has 7 heteroatoms. The van der Waals surface area contributed by atoms with Crippen LogP contribution < -0.4 is 5.32 Å². The molecule has 4 amide bonds. The van der Waals surface area contributed by atoms with Gasteiger partial charge in [0.2, 0.25) is 5.91 Å². The van der Waals surface area contributed by atoms with Gasteiger partial charge in [0.1, 0.15) is 18.4 Å². The second kappa shape index (κ2) is 6.02. The van der Waals surface area contributed by atoms with Crippen LogP contribution in [-0.4, -0.2) is 59.1 Å². The summed E-state index contributed by atoms with van der Waals surface area (Å²) in [7, 11) is 0. The Morgan fingerprint density at radius 3 is 2.50 bits per heavy atom. The minimum atomic E-state index is -0.511. The first-order valence-corrected chi connectivity index (χ1v) is 6.94. The minimum Gasteiger partial charge on any atom is -0.340 e. The number of rotatable bonds is 4. The van der Waals surface area contributed by atoms with Crippen molar-refractivity contribution in [2.75, 3.05) is 19.6 Å². The van der Waals surface area contributed by atoms with Crippen molar-refractivity contribution in [2.45, 2.75) is 38.6 Å². The number of ketones is 1. The van der Waals surface area contributed by atoms with Crippen LogP contribution >= 0.6 is 0 Å². The number of piperidine rings is 1. The van der Waals surface area contributed by atoms with E-state index < -0.39 is 12.1 Å². The summed E-state index contributed by atoms with van der Waals surface area (Å²) >= 11 is 0. The molecule has 2 saturated heterocycles. The van der Waals surface area contributed by atoms with Crippen molar-refractivity contribution in [3.63, 3.8) is 0 Å². The molecule has 1 atom stereocenters. The zero-order valence-corrected chi connectivity index (χ0v) is 11.6. The van der Waals surface area contributed by atoms with Gasteiger partial charge in [-0.3, -0.25) is 19.3 Å². The van der Waals surface area contributed by atoms with E-state index in [4.69, 9.17) is 0 Å². The fourth-order valence-corrected chi connectivity index (χ4v) is 2.45. The normalized spacial score (nSPS) is 23.2. The van der Waals surface area contributed by atoms with Gasteiger partial charge in [-0.15, -0.1) is 0 Å². The summed E-state index contributed by atoms with van der Waals surface area (Å²) in [6, 6.07) is -1.02. The predicted octanol–water partition coefficient (Wildman–Crippen LogP) is -0.102. The number of nitrogens with one attached hydrogen (secondary N) is 1. The molecular weight excluding hydrogens is 262 g/mol. The molecule has 2 heterocycles. The number of imide groups is 1. The van der Waals surface area contributed by atoms with Gasteiger partial charge in [0.25, 0.3) is 5.91 Å². The molecule has 0 spiro atoms. The van der Waals surface area contributed by atoms with E-state index in [0.717, 1.165) is 11.3 Å². The number of carbonyl (C=O) groups excluding carboxylic acids is 4. The highest BCUT2D eigenvalue weighted by atomic mass is 16.2. The van der Waals surface area contributed by atoms with Crippen molar-refractivity contribution in [1.82, 2.24) is 15.1 Å². The summed E-state index contributed by atoms with van der Waals surface area (Å²) in [5.74, 6) is -0.469. The standard InChI is InChI=1S/C13H19N3O4/c1-2-3-10-12(19)16(13(20)14-10)8-11(18)15-6-4-9(17)5-7-15/h10H,2-8H2,1H3,(H,14,20). The molecule has 0 radical (unpaired) electrons. The summed E-state index contributed by atoms with van der Waals surface area (Å²) in [5, 5.41) is 2.58. The third-order valence-corrected chi connectivity index (χ3v) is 3.65. The quantitative estimate of drug-likeness (QED) is 0.729. The zero-order valence-electron chi connectivity index (χ0n) is 11.6. The van der Waals surface area contributed by atoms with Crippen LogP contribution in [0.1, 0.15) is 32.6 Å². The van der Waals surface area contributed by atoms with Gasteiger partial charge in [0, 0.05) is 25.9 Å². The van der Waals surface area contributed by atoms with Crippen molar-refractivity contribution < 1.29 is 19.2 Å². The van der Waals surface area contributed by atoms with Crippen molar-refractivity contribution >= 4 is 23.6 Å². The van der Waals surface area contributed by atoms with Crippen LogP contribution in [-0.2, 0) is 14.4 Å². The third kappa shape index (κ3) is 2.97. The van der Waals surface area contributed by atoms with Gasteiger partial charge in [-0.25, -0.2) is 4.79 Å². The summed E-state index contributed by atoms with van der Waals surface area (Å²) in [6.07, 6.45) is 2.06. The molecule has 1 N–H and O–H groups in total. The Labute approximate surface area is 117 Å². The van der Waals surface area contributed by atoms with Gasteiger partial charge < -0.3 is 10.2 Å². The van der Waals surface area contributed by atoms with E-state index in [0.29, 0.717) is 32.4 Å². The molecule has 2 rings (SSSR count). The summed E-state index contributed by atoms with van der Waals surface area (Å²) in [6.45, 7) is 2.44. The van der Waals surface area contributed by atoms with E-state index in [1.807, 2.05) is 6.92 Å². The summed E-state index contributed by atoms with van der Waals surface area (Å²) < 4.78 is 0. The highest BCUT2D eigenvalue weighted by Crippen LogP contribution is 2.12. The minimum absolute atomic E-state index is 0.145. The van der Waals surface area contributed by atoms with Crippen LogP contribution in [0.15, 0.2) is 0 Å². The van der Waals surface area contributed by atoms with Crippen LogP contribution in [0.3, 0.4) is 0 Å². The molecule has 1 unspecified atom stereocenters. The highest BCUT2D eigenvalue weighted by molar-refractivity contribution is 6.06. The molecule has 7 nitrogen and oxygen atoms in total. The lowest BCUT2D eigenvalue weighted by atomic mass is 10.1. The molecule has 0 aliphatic carbocycles. The molecule has 2 aliphatic rings. The number of carbonyl (C=O) groups is 4. The van der Waals surface area contributed by atoms with Crippen molar-refractivity contribution in [3.05, 3.63) is 0 Å². The van der Waals surface area contributed by atoms with Crippen molar-refractivity contribution in [3.8, 4) is 0 Å². The first-order chi connectivity index (χ1) is 9.52. The molecule has 0 bridgehead atoms. The molecule has 110 valence electrons. The number of likely N-dealkylation sites (tertiary alicyclic amines) is 1. The monoisotopic (exact) mass is 281 g/mol. The highest BCUT2D eigenvalue weighted by Gasteiger charge is 2.39. The number of amides is 4. The summed E-state index contributed by atoms with van der Waals surface area (Å²) in [4.78, 5) is 49.4. The molecule has 0 aromatic rings. The second-order valence-electron chi connectivity index (χ2n) is 5.13. The molecule has 0 saturated carbocycles. The van der Waals surface area contributed by atoms with E-state index in [1.54, 1.807) is 0 Å². The Bertz CT molecular complexity index is 439. The third-order valence-electron chi connectivity index (χ3n) is 3.65. The average Bonchev–Trinajstić information content (AvgIpc) is 2.68. The second-order valence-corrected chi connectivity index (χ2v) is 5.13. The number of hydrogen-bond donors (Lipinski definition) is 1.